The van der Waals surface area contributed by atoms with E-state index < -0.39 is 19.3 Å². The fraction of sp³-hybridized carbons (Fsp3) is 0.364. The average Bonchev–Trinajstić information content (AvgIpc) is 2.25. The van der Waals surface area contributed by atoms with Crippen molar-refractivity contribution in [2.24, 2.45) is 0 Å². The van der Waals surface area contributed by atoms with E-state index in [0.29, 0.717) is 5.69 Å². The molecule has 1 rings (SSSR count). The van der Waals surface area contributed by atoms with Crippen LogP contribution in [0.15, 0.2) is 24.3 Å². The zero-order valence-electron chi connectivity index (χ0n) is 9.60. The molecule has 0 saturated carbocycles. The molecule has 0 spiro atoms. The summed E-state index contributed by atoms with van der Waals surface area (Å²) >= 11 is 3.05. The van der Waals surface area contributed by atoms with E-state index in [2.05, 4.69) is 15.9 Å². The number of nitrogen functional groups attached to an aromatic ring is 1. The zero-order valence-corrected chi connectivity index (χ0v) is 12.0. The van der Waals surface area contributed by atoms with E-state index in [1.807, 2.05) is 0 Å². The highest BCUT2D eigenvalue weighted by atomic mass is 79.9. The molecule has 0 bridgehead atoms. The molecule has 1 unspecified atom stereocenters. The summed E-state index contributed by atoms with van der Waals surface area (Å²) in [7, 11) is -3.55. The third kappa shape index (κ3) is 2.69. The molecule has 1 atom stereocenters. The van der Waals surface area contributed by atoms with Crippen LogP contribution in [-0.4, -0.2) is 24.1 Å². The van der Waals surface area contributed by atoms with E-state index in [4.69, 9.17) is 5.73 Å². The number of hydrogen-bond donors (Lipinski definition) is 1. The van der Waals surface area contributed by atoms with Crippen molar-refractivity contribution in [1.82, 2.24) is 0 Å². The van der Waals surface area contributed by atoms with Gasteiger partial charge in [0.05, 0.1) is 0 Å². The number of hydrogen-bond acceptors (Lipinski definition) is 4. The summed E-state index contributed by atoms with van der Waals surface area (Å²) in [4.78, 5) is 12.2. The SMILES string of the molecule is CCC(Br)(C(=O)c1cccc(N)c1)S(C)(=O)=O. The number of anilines is 1. The Bertz CT molecular complexity index is 541. The Morgan fingerprint density at radius 2 is 2.06 bits per heavy atom. The van der Waals surface area contributed by atoms with E-state index >= 15 is 0 Å². The van der Waals surface area contributed by atoms with Crippen LogP contribution in [0.3, 0.4) is 0 Å². The lowest BCUT2D eigenvalue weighted by molar-refractivity contribution is 0.0976. The maximum atomic E-state index is 12.2. The normalized spacial score (nSPS) is 15.2. The van der Waals surface area contributed by atoms with Crippen LogP contribution in [-0.2, 0) is 9.84 Å². The first-order chi connectivity index (χ1) is 7.72. The monoisotopic (exact) mass is 319 g/mol. The molecule has 2 N–H and O–H groups in total. The smallest absolute Gasteiger partial charge is 0.194 e. The van der Waals surface area contributed by atoms with Crippen molar-refractivity contribution in [1.29, 1.82) is 0 Å². The third-order valence-electron chi connectivity index (χ3n) is 2.53. The van der Waals surface area contributed by atoms with Crippen LogP contribution in [0.4, 0.5) is 5.69 Å². The van der Waals surface area contributed by atoms with Crippen molar-refractivity contribution in [3.63, 3.8) is 0 Å². The summed E-state index contributed by atoms with van der Waals surface area (Å²) in [6, 6.07) is 6.28. The number of sulfone groups is 1. The van der Waals surface area contributed by atoms with Gasteiger partial charge in [-0.1, -0.05) is 35.0 Å². The van der Waals surface area contributed by atoms with Crippen molar-refractivity contribution in [3.8, 4) is 0 Å². The maximum Gasteiger partial charge on any atom is 0.194 e. The Balaban J connectivity index is 3.29. The molecule has 17 heavy (non-hydrogen) atoms. The second-order valence-electron chi connectivity index (χ2n) is 3.81. The number of alkyl halides is 1. The fourth-order valence-corrected chi connectivity index (χ4v) is 2.69. The molecule has 94 valence electrons. The fourth-order valence-electron chi connectivity index (χ4n) is 1.49. The summed E-state index contributed by atoms with van der Waals surface area (Å²) in [5.74, 6) is -0.491. The Morgan fingerprint density at radius 3 is 2.47 bits per heavy atom. The maximum absolute atomic E-state index is 12.2. The molecule has 6 heteroatoms. The lowest BCUT2D eigenvalue weighted by Gasteiger charge is -2.22. The van der Waals surface area contributed by atoms with Crippen LogP contribution in [0, 0.1) is 0 Å². The number of halogens is 1. The van der Waals surface area contributed by atoms with Crippen LogP contribution in [0.5, 0.6) is 0 Å². The Kier molecular flexibility index (Phi) is 3.99. The first-order valence-electron chi connectivity index (χ1n) is 5.01. The molecule has 0 aliphatic carbocycles. The number of rotatable bonds is 4. The molecule has 0 fully saturated rings. The van der Waals surface area contributed by atoms with Gasteiger partial charge in [-0.2, -0.15) is 0 Å². The Labute approximate surface area is 109 Å². The summed E-state index contributed by atoms with van der Waals surface area (Å²) < 4.78 is 21.8. The van der Waals surface area contributed by atoms with Gasteiger partial charge in [-0.15, -0.1) is 0 Å². The average molecular weight is 320 g/mol. The van der Waals surface area contributed by atoms with Gasteiger partial charge < -0.3 is 5.73 Å². The van der Waals surface area contributed by atoms with E-state index in [1.165, 1.54) is 6.07 Å². The minimum Gasteiger partial charge on any atom is -0.399 e. The Hall–Kier alpha value is -0.880. The van der Waals surface area contributed by atoms with Crippen LogP contribution in [0.25, 0.3) is 0 Å². The molecule has 0 heterocycles. The first kappa shape index (κ1) is 14.2. The van der Waals surface area contributed by atoms with Gasteiger partial charge in [0, 0.05) is 17.5 Å². The summed E-state index contributed by atoms with van der Waals surface area (Å²) in [5, 5.41) is 0. The summed E-state index contributed by atoms with van der Waals surface area (Å²) in [6.45, 7) is 1.64. The van der Waals surface area contributed by atoms with Gasteiger partial charge in [-0.3, -0.25) is 4.79 Å². The van der Waals surface area contributed by atoms with Crippen molar-refractivity contribution >= 4 is 37.2 Å². The predicted molar refractivity (Wildman–Crippen MR) is 72.0 cm³/mol. The van der Waals surface area contributed by atoms with Crippen LogP contribution in [0.2, 0.25) is 0 Å². The second-order valence-corrected chi connectivity index (χ2v) is 7.93. The van der Waals surface area contributed by atoms with Gasteiger partial charge in [0.2, 0.25) is 0 Å². The van der Waals surface area contributed by atoms with Crippen LogP contribution < -0.4 is 5.73 Å². The lowest BCUT2D eigenvalue weighted by atomic mass is 10.1. The molecule has 0 aromatic heterocycles. The molecule has 1 aromatic carbocycles. The number of Topliss-reactive ketones (excluding diaryl/α,β-unsaturated/α-hetero) is 1. The molecule has 0 amide bonds. The Morgan fingerprint density at radius 1 is 1.47 bits per heavy atom. The predicted octanol–water partition coefficient (Wildman–Crippen LogP) is 2.00. The van der Waals surface area contributed by atoms with E-state index in [-0.39, 0.29) is 12.0 Å². The summed E-state index contributed by atoms with van der Waals surface area (Å²) in [6.07, 6.45) is 1.19. The minimum absolute atomic E-state index is 0.152. The lowest BCUT2D eigenvalue weighted by Crippen LogP contribution is -2.39. The molecule has 0 radical (unpaired) electrons. The highest BCUT2D eigenvalue weighted by molar-refractivity contribution is 9.12. The minimum atomic E-state index is -3.55. The summed E-state index contributed by atoms with van der Waals surface area (Å²) in [5.41, 5.74) is 6.29. The number of carbonyl (C=O) groups excluding carboxylic acids is 1. The van der Waals surface area contributed by atoms with Crippen LogP contribution in [0.1, 0.15) is 23.7 Å². The first-order valence-corrected chi connectivity index (χ1v) is 7.69. The second kappa shape index (κ2) is 4.78. The van der Waals surface area contributed by atoms with Crippen molar-refractivity contribution in [3.05, 3.63) is 29.8 Å². The van der Waals surface area contributed by atoms with Gasteiger partial charge in [0.15, 0.2) is 19.3 Å². The number of carbonyl (C=O) groups is 1. The van der Waals surface area contributed by atoms with E-state index in [9.17, 15) is 13.2 Å². The largest absolute Gasteiger partial charge is 0.399 e. The molecule has 0 aliphatic rings. The highest BCUT2D eigenvalue weighted by Crippen LogP contribution is 2.33. The molecule has 4 nitrogen and oxygen atoms in total. The quantitative estimate of drug-likeness (QED) is 0.523. The zero-order chi connectivity index (χ0) is 13.3. The van der Waals surface area contributed by atoms with Gasteiger partial charge in [-0.05, 0) is 18.6 Å². The van der Waals surface area contributed by atoms with Crippen molar-refractivity contribution in [2.75, 3.05) is 12.0 Å². The molecule has 0 aliphatic heterocycles. The molecular weight excluding hydrogens is 306 g/mol. The number of nitrogens with two attached hydrogens (primary N) is 1. The third-order valence-corrected chi connectivity index (χ3v) is 6.86. The van der Waals surface area contributed by atoms with E-state index in [0.717, 1.165) is 6.26 Å². The molecule has 1 aromatic rings. The number of ketones is 1. The molecule has 0 saturated heterocycles. The van der Waals surface area contributed by atoms with Gasteiger partial charge in [-0.25, -0.2) is 8.42 Å². The molecular formula is C11H14BrNO3S. The van der Waals surface area contributed by atoms with Crippen molar-refractivity contribution in [2.45, 2.75) is 17.0 Å². The standard InChI is InChI=1S/C11H14BrNO3S/c1-3-11(12,17(2,15)16)10(14)8-5-4-6-9(13)7-8/h4-7H,3,13H2,1-2H3. The number of benzene rings is 1. The van der Waals surface area contributed by atoms with Crippen LogP contribution >= 0.6 is 15.9 Å². The van der Waals surface area contributed by atoms with Gasteiger partial charge >= 0.3 is 0 Å². The van der Waals surface area contributed by atoms with Crippen molar-refractivity contribution < 1.29 is 13.2 Å². The van der Waals surface area contributed by atoms with E-state index in [1.54, 1.807) is 25.1 Å². The topological polar surface area (TPSA) is 77.2 Å². The van der Waals surface area contributed by atoms with Gasteiger partial charge in [0.25, 0.3) is 0 Å². The van der Waals surface area contributed by atoms with Gasteiger partial charge in [0.1, 0.15) is 0 Å². The highest BCUT2D eigenvalue weighted by Gasteiger charge is 2.44.